The third-order valence-electron chi connectivity index (χ3n) is 9.76. The topological polar surface area (TPSA) is 0 Å². The molecule has 0 aliphatic heterocycles. The smallest absolute Gasteiger partial charge is 0.104 e. The Morgan fingerprint density at radius 2 is 0.619 bits per heavy atom. The van der Waals surface area contributed by atoms with Gasteiger partial charge in [-0.2, -0.15) is 0 Å². The Kier molecular flexibility index (Phi) is 28.2. The summed E-state index contributed by atoms with van der Waals surface area (Å²) in [4.78, 5) is 0. The number of nitrogens with zero attached hydrogens (tertiary/aromatic N) is 1. The van der Waals surface area contributed by atoms with Crippen LogP contribution in [0, 0.1) is 0 Å². The summed E-state index contributed by atoms with van der Waals surface area (Å²) in [5.41, 5.74) is 1.52. The summed E-state index contributed by atoms with van der Waals surface area (Å²) in [5.74, 6) is 0. The summed E-state index contributed by atoms with van der Waals surface area (Å²) in [6.45, 7) is 8.53. The zero-order valence-electron chi connectivity index (χ0n) is 29.5. The van der Waals surface area contributed by atoms with Crippen LogP contribution < -0.4 is 0 Å². The summed E-state index contributed by atoms with van der Waals surface area (Å²) in [6, 6.07) is 11.3. The lowest BCUT2D eigenvalue weighted by Crippen LogP contribution is -2.44. The van der Waals surface area contributed by atoms with E-state index in [4.69, 9.17) is 0 Å². The van der Waals surface area contributed by atoms with Crippen LogP contribution in [0.1, 0.15) is 206 Å². The van der Waals surface area contributed by atoms with Gasteiger partial charge in [0.2, 0.25) is 0 Å². The Balaban J connectivity index is 2.09. The van der Waals surface area contributed by atoms with E-state index in [1.165, 1.54) is 216 Å². The van der Waals surface area contributed by atoms with Crippen LogP contribution in [-0.4, -0.2) is 24.6 Å². The Morgan fingerprint density at radius 1 is 0.357 bits per heavy atom. The molecule has 1 unspecified atom stereocenters. The molecule has 0 heterocycles. The van der Waals surface area contributed by atoms with Crippen molar-refractivity contribution in [1.29, 1.82) is 0 Å². The van der Waals surface area contributed by atoms with Gasteiger partial charge in [-0.3, -0.25) is 0 Å². The molecule has 1 rings (SSSR count). The molecule has 1 aromatic rings. The molecule has 0 fully saturated rings. The van der Waals surface area contributed by atoms with Crippen LogP contribution in [0.5, 0.6) is 0 Å². The minimum Gasteiger partial charge on any atom is -0.322 e. The Morgan fingerprint density at radius 3 is 0.905 bits per heavy atom. The van der Waals surface area contributed by atoms with Crippen LogP contribution in [0.3, 0.4) is 0 Å². The normalized spacial score (nSPS) is 13.0. The van der Waals surface area contributed by atoms with Crippen molar-refractivity contribution in [1.82, 2.24) is 0 Å². The second kappa shape index (κ2) is 30.2. The van der Waals surface area contributed by atoms with Gasteiger partial charge in [-0.15, -0.1) is 0 Å². The fourth-order valence-corrected chi connectivity index (χ4v) is 6.85. The van der Waals surface area contributed by atoms with E-state index in [0.29, 0.717) is 0 Å². The van der Waals surface area contributed by atoms with Crippen molar-refractivity contribution in [3.63, 3.8) is 0 Å². The van der Waals surface area contributed by atoms with E-state index in [1.54, 1.807) is 0 Å². The van der Waals surface area contributed by atoms with E-state index < -0.39 is 0 Å². The number of benzene rings is 1. The highest BCUT2D eigenvalue weighted by atomic mass is 15.3. The predicted molar refractivity (Wildman–Crippen MR) is 191 cm³/mol. The lowest BCUT2D eigenvalue weighted by atomic mass is 10.0. The average Bonchev–Trinajstić information content (AvgIpc) is 3.00. The zero-order valence-corrected chi connectivity index (χ0v) is 29.5. The molecule has 0 aliphatic carbocycles. The highest BCUT2D eigenvalue weighted by molar-refractivity contribution is 5.13. The van der Waals surface area contributed by atoms with Crippen LogP contribution in [-0.2, 0) is 6.54 Å². The van der Waals surface area contributed by atoms with E-state index in [0.717, 1.165) is 0 Å². The van der Waals surface area contributed by atoms with E-state index >= 15 is 0 Å². The summed E-state index contributed by atoms with van der Waals surface area (Å²) >= 11 is 0. The monoisotopic (exact) mass is 585 g/mol. The fraction of sp³-hybridized carbons (Fsp3) is 0.854. The number of hydrogen-bond donors (Lipinski definition) is 0. The van der Waals surface area contributed by atoms with Crippen LogP contribution >= 0.6 is 0 Å². The molecule has 0 amide bonds. The maximum absolute atomic E-state index is 2.54. The molecule has 0 N–H and O–H groups in total. The van der Waals surface area contributed by atoms with Crippen molar-refractivity contribution in [2.75, 3.05) is 20.1 Å². The molecule has 246 valence electrons. The highest BCUT2D eigenvalue weighted by Gasteiger charge is 2.21. The molecule has 1 heteroatoms. The SMILES string of the molecule is CCCCCCCCCCCCCCCCC[N+](C)(CCCCCCCCCCCCCCCC)Cc1ccccc1. The van der Waals surface area contributed by atoms with E-state index in [9.17, 15) is 0 Å². The van der Waals surface area contributed by atoms with Crippen molar-refractivity contribution in [2.24, 2.45) is 0 Å². The minimum absolute atomic E-state index is 1.21. The molecule has 0 saturated heterocycles. The van der Waals surface area contributed by atoms with Crippen molar-refractivity contribution in [2.45, 2.75) is 207 Å². The predicted octanol–water partition coefficient (Wildman–Crippen LogP) is 14.0. The van der Waals surface area contributed by atoms with E-state index in [-0.39, 0.29) is 0 Å². The summed E-state index contributed by atoms with van der Waals surface area (Å²) in [5, 5.41) is 0. The Bertz CT molecular complexity index is 640. The van der Waals surface area contributed by atoms with Gasteiger partial charge in [-0.1, -0.05) is 205 Å². The zero-order chi connectivity index (χ0) is 30.2. The van der Waals surface area contributed by atoms with Crippen molar-refractivity contribution in [3.05, 3.63) is 35.9 Å². The quantitative estimate of drug-likeness (QED) is 0.0569. The maximum atomic E-state index is 2.54. The molecule has 42 heavy (non-hydrogen) atoms. The number of unbranched alkanes of at least 4 members (excludes halogenated alkanes) is 27. The molecule has 0 aliphatic rings. The van der Waals surface area contributed by atoms with Gasteiger partial charge in [-0.05, 0) is 25.7 Å². The summed E-state index contributed by atoms with van der Waals surface area (Å²) < 4.78 is 1.24. The highest BCUT2D eigenvalue weighted by Crippen LogP contribution is 2.19. The third kappa shape index (κ3) is 25.7. The lowest BCUT2D eigenvalue weighted by Gasteiger charge is -2.35. The second-order valence-electron chi connectivity index (χ2n) is 14.3. The first kappa shape index (κ1) is 39.2. The fourth-order valence-electron chi connectivity index (χ4n) is 6.85. The number of hydrogen-bond acceptors (Lipinski definition) is 0. The van der Waals surface area contributed by atoms with Crippen LogP contribution in [0.2, 0.25) is 0 Å². The molecule has 0 spiro atoms. The largest absolute Gasteiger partial charge is 0.322 e. The molecule has 1 atom stereocenters. The molecule has 1 nitrogen and oxygen atoms in total. The molecule has 1 aromatic carbocycles. The van der Waals surface area contributed by atoms with Gasteiger partial charge < -0.3 is 4.48 Å². The standard InChI is InChI=1S/C41H78N/c1-4-6-8-10-12-14-16-18-20-22-24-26-28-30-35-39-42(3,40-41-36-32-31-33-37-41)38-34-29-27-25-23-21-19-17-15-13-11-9-7-5-2/h31-33,36-37H,4-30,34-35,38-40H2,1-3H3/q+1. The van der Waals surface area contributed by atoms with Crippen LogP contribution in [0.4, 0.5) is 0 Å². The molecular weight excluding hydrogens is 506 g/mol. The molecule has 0 saturated carbocycles. The summed E-state index contributed by atoms with van der Waals surface area (Å²) in [7, 11) is 2.54. The van der Waals surface area contributed by atoms with Crippen molar-refractivity contribution in [3.8, 4) is 0 Å². The average molecular weight is 585 g/mol. The maximum Gasteiger partial charge on any atom is 0.104 e. The number of quaternary nitrogens is 1. The molecule has 0 radical (unpaired) electrons. The van der Waals surface area contributed by atoms with Gasteiger partial charge >= 0.3 is 0 Å². The summed E-state index contributed by atoms with van der Waals surface area (Å²) in [6.07, 6.45) is 42.0. The van der Waals surface area contributed by atoms with Gasteiger partial charge in [0.15, 0.2) is 0 Å². The molecule has 0 aromatic heterocycles. The third-order valence-corrected chi connectivity index (χ3v) is 9.76. The molecular formula is C41H78N+. The van der Waals surface area contributed by atoms with E-state index in [1.807, 2.05) is 0 Å². The van der Waals surface area contributed by atoms with Gasteiger partial charge in [0.25, 0.3) is 0 Å². The minimum atomic E-state index is 1.21. The van der Waals surface area contributed by atoms with Gasteiger partial charge in [0, 0.05) is 5.56 Å². The molecule has 0 bridgehead atoms. The van der Waals surface area contributed by atoms with Crippen molar-refractivity contribution < 1.29 is 4.48 Å². The van der Waals surface area contributed by atoms with Crippen LogP contribution in [0.25, 0.3) is 0 Å². The second-order valence-corrected chi connectivity index (χ2v) is 14.3. The van der Waals surface area contributed by atoms with Gasteiger partial charge in [0.05, 0.1) is 20.1 Å². The van der Waals surface area contributed by atoms with Gasteiger partial charge in [0.1, 0.15) is 6.54 Å². The van der Waals surface area contributed by atoms with Crippen LogP contribution in [0.15, 0.2) is 30.3 Å². The van der Waals surface area contributed by atoms with Gasteiger partial charge in [-0.25, -0.2) is 0 Å². The Labute approximate surface area is 266 Å². The first-order chi connectivity index (χ1) is 20.7. The lowest BCUT2D eigenvalue weighted by molar-refractivity contribution is -0.923. The first-order valence-corrected chi connectivity index (χ1v) is 19.6. The Hall–Kier alpha value is -0.820. The number of rotatable bonds is 33. The van der Waals surface area contributed by atoms with Crippen molar-refractivity contribution >= 4 is 0 Å². The first-order valence-electron chi connectivity index (χ1n) is 19.6. The van der Waals surface area contributed by atoms with E-state index in [2.05, 4.69) is 51.2 Å².